The molecule has 0 fully saturated rings. The molecule has 0 saturated carbocycles. The predicted molar refractivity (Wildman–Crippen MR) is 132 cm³/mol. The number of fused-ring (bicyclic) bond motifs is 1. The minimum Gasteiger partial charge on any atom is -0.371 e. The molecule has 2 heterocycles. The average molecular weight is 541 g/mol. The van der Waals surface area contributed by atoms with Crippen molar-refractivity contribution in [3.8, 4) is 0 Å². The number of tetrazole rings is 1. The zero-order valence-electron chi connectivity index (χ0n) is 21.9. The lowest BCUT2D eigenvalue weighted by Crippen LogP contribution is -2.30. The van der Waals surface area contributed by atoms with Crippen LogP contribution in [0, 0.1) is 20.8 Å². The first-order valence-electron chi connectivity index (χ1n) is 12.3. The highest BCUT2D eigenvalue weighted by Crippen LogP contribution is 2.43. The summed E-state index contributed by atoms with van der Waals surface area (Å²) in [4.78, 5) is 5.16. The molecule has 4 rings (SSSR count). The Labute approximate surface area is 217 Å². The lowest BCUT2D eigenvalue weighted by Gasteiger charge is -2.34. The normalized spacial score (nSPS) is 16.4. The number of hydrogen-bond acceptors (Lipinski definition) is 5. The van der Waals surface area contributed by atoms with Crippen molar-refractivity contribution in [3.05, 3.63) is 63.2 Å². The zero-order chi connectivity index (χ0) is 28.0. The smallest absolute Gasteiger partial charge is 0.371 e. The molecule has 12 heteroatoms. The van der Waals surface area contributed by atoms with Crippen molar-refractivity contribution in [1.82, 2.24) is 20.2 Å². The molecule has 1 atom stereocenters. The summed E-state index contributed by atoms with van der Waals surface area (Å²) in [6.07, 6.45) is -8.51. The average Bonchev–Trinajstić information content (AvgIpc) is 3.18. The summed E-state index contributed by atoms with van der Waals surface area (Å²) >= 11 is 0. The second-order valence-electron chi connectivity index (χ2n) is 9.74. The number of anilines is 2. The van der Waals surface area contributed by atoms with E-state index in [-0.39, 0.29) is 24.1 Å². The summed E-state index contributed by atoms with van der Waals surface area (Å²) in [5, 5.41) is 12.3. The summed E-state index contributed by atoms with van der Waals surface area (Å²) in [5.74, 6) is 0.134. The van der Waals surface area contributed by atoms with Gasteiger partial charge in [-0.3, -0.25) is 0 Å². The van der Waals surface area contributed by atoms with Crippen LogP contribution in [0.15, 0.2) is 24.3 Å². The van der Waals surface area contributed by atoms with Crippen LogP contribution in [0.2, 0.25) is 0 Å². The third-order valence-corrected chi connectivity index (χ3v) is 7.25. The standard InChI is InChI=1S/C26H30F6N6/c1-6-37-9-7-8-22(21-10-15(2)16(3)17(4)23(21)37)38(24-33-35-36(5)34-24)14-18-11-19(25(27,28)29)13-20(12-18)26(30,31)32/h10-13,22H,6-9,14H2,1-5H3/t22-/m0/s1. The highest BCUT2D eigenvalue weighted by Gasteiger charge is 2.38. The van der Waals surface area contributed by atoms with Crippen molar-refractivity contribution >= 4 is 11.6 Å². The summed E-state index contributed by atoms with van der Waals surface area (Å²) in [6, 6.07) is 3.34. The lowest BCUT2D eigenvalue weighted by atomic mass is 9.91. The van der Waals surface area contributed by atoms with Crippen molar-refractivity contribution in [1.29, 1.82) is 0 Å². The molecule has 0 saturated heterocycles. The molecule has 2 aromatic carbocycles. The second-order valence-corrected chi connectivity index (χ2v) is 9.74. The number of nitrogens with zero attached hydrogens (tertiary/aromatic N) is 6. The van der Waals surface area contributed by atoms with E-state index in [0.717, 1.165) is 59.6 Å². The molecule has 6 nitrogen and oxygen atoms in total. The fraction of sp³-hybridized carbons (Fsp3) is 0.500. The minimum absolute atomic E-state index is 0.134. The molecule has 0 N–H and O–H groups in total. The van der Waals surface area contributed by atoms with Gasteiger partial charge in [0.05, 0.1) is 24.2 Å². The Morgan fingerprint density at radius 3 is 2.11 bits per heavy atom. The van der Waals surface area contributed by atoms with Gasteiger partial charge in [-0.2, -0.15) is 31.1 Å². The van der Waals surface area contributed by atoms with E-state index in [1.807, 2.05) is 20.8 Å². The van der Waals surface area contributed by atoms with Gasteiger partial charge in [0.15, 0.2) is 0 Å². The number of halogens is 6. The molecule has 38 heavy (non-hydrogen) atoms. The summed E-state index contributed by atoms with van der Waals surface area (Å²) in [5.41, 5.74) is 2.42. The molecule has 1 aliphatic heterocycles. The van der Waals surface area contributed by atoms with Crippen LogP contribution in [0.4, 0.5) is 38.0 Å². The third kappa shape index (κ3) is 5.44. The van der Waals surface area contributed by atoms with E-state index in [1.165, 1.54) is 4.80 Å². The molecule has 0 bridgehead atoms. The fourth-order valence-corrected chi connectivity index (χ4v) is 5.17. The molecule has 0 aliphatic carbocycles. The van der Waals surface area contributed by atoms with Gasteiger partial charge in [0.1, 0.15) is 0 Å². The molecule has 0 unspecified atom stereocenters. The van der Waals surface area contributed by atoms with Crippen molar-refractivity contribution < 1.29 is 26.3 Å². The van der Waals surface area contributed by atoms with Crippen molar-refractivity contribution in [2.24, 2.45) is 7.05 Å². The maximum atomic E-state index is 13.6. The Hall–Kier alpha value is -3.31. The summed E-state index contributed by atoms with van der Waals surface area (Å²) in [7, 11) is 1.55. The van der Waals surface area contributed by atoms with Crippen LogP contribution in [-0.4, -0.2) is 33.3 Å². The number of hydrogen-bond donors (Lipinski definition) is 0. The third-order valence-electron chi connectivity index (χ3n) is 7.25. The van der Waals surface area contributed by atoms with Crippen LogP contribution in [0.25, 0.3) is 0 Å². The van der Waals surface area contributed by atoms with Gasteiger partial charge in [0.2, 0.25) is 0 Å². The van der Waals surface area contributed by atoms with E-state index < -0.39 is 29.5 Å². The number of rotatable bonds is 5. The van der Waals surface area contributed by atoms with Gasteiger partial charge in [-0.15, -0.1) is 5.10 Å². The molecule has 0 radical (unpaired) electrons. The summed E-state index contributed by atoms with van der Waals surface area (Å²) < 4.78 is 81.5. The van der Waals surface area contributed by atoms with Crippen LogP contribution < -0.4 is 9.80 Å². The number of aromatic nitrogens is 4. The van der Waals surface area contributed by atoms with Gasteiger partial charge in [-0.1, -0.05) is 11.2 Å². The van der Waals surface area contributed by atoms with E-state index in [0.29, 0.717) is 6.42 Å². The Balaban J connectivity index is 1.90. The minimum atomic E-state index is -4.94. The van der Waals surface area contributed by atoms with Gasteiger partial charge in [-0.25, -0.2) is 0 Å². The lowest BCUT2D eigenvalue weighted by molar-refractivity contribution is -0.143. The Morgan fingerprint density at radius 1 is 0.947 bits per heavy atom. The quantitative estimate of drug-likeness (QED) is 0.344. The fourth-order valence-electron chi connectivity index (χ4n) is 5.17. The first kappa shape index (κ1) is 27.7. The van der Waals surface area contributed by atoms with E-state index in [9.17, 15) is 26.3 Å². The molecule has 1 aliphatic rings. The molecule has 206 valence electrons. The first-order valence-corrected chi connectivity index (χ1v) is 12.3. The van der Waals surface area contributed by atoms with Gasteiger partial charge >= 0.3 is 12.4 Å². The highest BCUT2D eigenvalue weighted by molar-refractivity contribution is 5.66. The maximum Gasteiger partial charge on any atom is 0.416 e. The van der Waals surface area contributed by atoms with Crippen LogP contribution in [0.5, 0.6) is 0 Å². The van der Waals surface area contributed by atoms with E-state index in [2.05, 4.69) is 33.3 Å². The second kappa shape index (κ2) is 10.1. The molecule has 0 amide bonds. The van der Waals surface area contributed by atoms with Gasteiger partial charge in [-0.05, 0) is 91.8 Å². The Kier molecular flexibility index (Phi) is 7.37. The van der Waals surface area contributed by atoms with Crippen molar-refractivity contribution in [3.63, 3.8) is 0 Å². The molecule has 1 aromatic heterocycles. The monoisotopic (exact) mass is 540 g/mol. The van der Waals surface area contributed by atoms with Crippen LogP contribution in [0.1, 0.15) is 64.8 Å². The predicted octanol–water partition coefficient (Wildman–Crippen LogP) is 6.54. The number of aryl methyl sites for hydroxylation is 2. The van der Waals surface area contributed by atoms with E-state index >= 15 is 0 Å². The van der Waals surface area contributed by atoms with Gasteiger partial charge in [0, 0.05) is 25.3 Å². The zero-order valence-corrected chi connectivity index (χ0v) is 21.9. The highest BCUT2D eigenvalue weighted by atomic mass is 19.4. The Bertz CT molecular complexity index is 1280. The number of alkyl halides is 6. The topological polar surface area (TPSA) is 50.1 Å². The van der Waals surface area contributed by atoms with Crippen molar-refractivity contribution in [2.45, 2.75) is 65.5 Å². The van der Waals surface area contributed by atoms with Gasteiger partial charge in [0.25, 0.3) is 5.95 Å². The maximum absolute atomic E-state index is 13.6. The first-order chi connectivity index (χ1) is 17.7. The van der Waals surface area contributed by atoms with Crippen LogP contribution in [-0.2, 0) is 25.9 Å². The van der Waals surface area contributed by atoms with Crippen molar-refractivity contribution in [2.75, 3.05) is 22.9 Å². The SMILES string of the molecule is CCN1CCC[C@H](N(Cc2cc(C(F)(F)F)cc(C(F)(F)F)c2)c2nnn(C)n2)c2cc(C)c(C)c(C)c21. The van der Waals surface area contributed by atoms with Gasteiger partial charge < -0.3 is 9.80 Å². The largest absolute Gasteiger partial charge is 0.416 e. The summed E-state index contributed by atoms with van der Waals surface area (Å²) in [6.45, 7) is 9.40. The molecule has 3 aromatic rings. The van der Waals surface area contributed by atoms with Crippen LogP contribution in [0.3, 0.4) is 0 Å². The molecular weight excluding hydrogens is 510 g/mol. The Morgan fingerprint density at radius 2 is 1.58 bits per heavy atom. The molecular formula is C26H30F6N6. The van der Waals surface area contributed by atoms with E-state index in [1.54, 1.807) is 11.9 Å². The number of benzene rings is 2. The van der Waals surface area contributed by atoms with E-state index in [4.69, 9.17) is 0 Å². The van der Waals surface area contributed by atoms with Crippen LogP contribution >= 0.6 is 0 Å². The molecule has 0 spiro atoms.